The Balaban J connectivity index is 0. The molecule has 0 saturated heterocycles. The molecule has 1 N–H and O–H groups in total. The van der Waals surface area contributed by atoms with Gasteiger partial charge in [0.2, 0.25) is 0 Å². The van der Waals surface area contributed by atoms with Crippen molar-refractivity contribution in [1.82, 2.24) is 9.80 Å². The van der Waals surface area contributed by atoms with Gasteiger partial charge in [0.15, 0.2) is 0 Å². The van der Waals surface area contributed by atoms with Gasteiger partial charge in [-0.15, -0.1) is 12.4 Å². The molecule has 0 aromatic heterocycles. The molecule has 286 valence electrons. The second-order valence-corrected chi connectivity index (χ2v) is 15.2. The molecular weight excluding hydrogens is 596 g/mol. The van der Waals surface area contributed by atoms with Crippen LogP contribution in [0, 0.1) is 0 Å². The highest BCUT2D eigenvalue weighted by molar-refractivity contribution is 5.85. The number of rotatable bonds is 40. The average Bonchev–Trinajstić information content (AvgIpc) is 3.05. The van der Waals surface area contributed by atoms with E-state index in [2.05, 4.69) is 37.5 Å². The highest BCUT2D eigenvalue weighted by Crippen LogP contribution is 2.14. The third kappa shape index (κ3) is 38.8. The van der Waals surface area contributed by atoms with Crippen molar-refractivity contribution in [2.75, 3.05) is 39.3 Å². The van der Waals surface area contributed by atoms with Crippen LogP contribution in [0.2, 0.25) is 0 Å². The Hall–Kier alpha value is 0.170. The molecule has 3 nitrogen and oxygen atoms in total. The monoisotopic (exact) mass is 687 g/mol. The van der Waals surface area contributed by atoms with E-state index in [-0.39, 0.29) is 18.5 Å². The van der Waals surface area contributed by atoms with Crippen LogP contribution in [0.25, 0.3) is 0 Å². The van der Waals surface area contributed by atoms with Crippen LogP contribution >= 0.6 is 12.4 Å². The van der Waals surface area contributed by atoms with Gasteiger partial charge in [0.1, 0.15) is 0 Å². The predicted octanol–water partition coefficient (Wildman–Crippen LogP) is 13.9. The first-order chi connectivity index (χ1) is 22.7. The Bertz CT molecular complexity index is 462. The van der Waals surface area contributed by atoms with E-state index >= 15 is 0 Å². The fourth-order valence-electron chi connectivity index (χ4n) is 7.12. The number of unbranched alkanes of at least 4 members (excludes halogenated alkanes) is 28. The number of aliphatic hydroxyl groups is 1. The molecule has 47 heavy (non-hydrogen) atoms. The fourth-order valence-corrected chi connectivity index (χ4v) is 7.12. The van der Waals surface area contributed by atoms with Crippen molar-refractivity contribution in [3.05, 3.63) is 0 Å². The first-order valence-corrected chi connectivity index (χ1v) is 21.8. The Morgan fingerprint density at radius 2 is 0.468 bits per heavy atom. The van der Waals surface area contributed by atoms with Gasteiger partial charge in [0, 0.05) is 13.1 Å². The van der Waals surface area contributed by atoms with Gasteiger partial charge in [0.25, 0.3) is 0 Å². The summed E-state index contributed by atoms with van der Waals surface area (Å²) in [6.45, 7) is 15.7. The maximum atomic E-state index is 11.4. The van der Waals surface area contributed by atoms with Crippen LogP contribution in [0.15, 0.2) is 0 Å². The van der Waals surface area contributed by atoms with Gasteiger partial charge in [0.05, 0.1) is 6.10 Å². The van der Waals surface area contributed by atoms with Crippen molar-refractivity contribution in [2.45, 2.75) is 239 Å². The summed E-state index contributed by atoms with van der Waals surface area (Å²) in [5.74, 6) is 0. The molecular formula is C43H91ClN2O. The summed E-state index contributed by atoms with van der Waals surface area (Å²) in [6.07, 6.45) is 44.0. The zero-order valence-electron chi connectivity index (χ0n) is 33.2. The molecule has 0 aromatic rings. The third-order valence-electron chi connectivity index (χ3n) is 10.2. The van der Waals surface area contributed by atoms with E-state index in [4.69, 9.17) is 0 Å². The largest absolute Gasteiger partial charge is 0.390 e. The van der Waals surface area contributed by atoms with E-state index in [0.29, 0.717) is 0 Å². The van der Waals surface area contributed by atoms with Gasteiger partial charge in [-0.2, -0.15) is 0 Å². The zero-order chi connectivity index (χ0) is 33.6. The molecule has 0 aliphatic heterocycles. The average molecular weight is 688 g/mol. The van der Waals surface area contributed by atoms with Gasteiger partial charge >= 0.3 is 0 Å². The molecule has 0 unspecified atom stereocenters. The van der Waals surface area contributed by atoms with Crippen molar-refractivity contribution < 1.29 is 5.11 Å². The third-order valence-corrected chi connectivity index (χ3v) is 10.2. The molecule has 0 spiro atoms. The number of hydrogen-bond acceptors (Lipinski definition) is 3. The van der Waals surface area contributed by atoms with Crippen LogP contribution in [0.5, 0.6) is 0 Å². The lowest BCUT2D eigenvalue weighted by molar-refractivity contribution is 0.0707. The molecule has 0 aliphatic carbocycles. The second-order valence-electron chi connectivity index (χ2n) is 15.2. The molecule has 4 heteroatoms. The molecule has 0 amide bonds. The first kappa shape index (κ1) is 49.3. The summed E-state index contributed by atoms with van der Waals surface area (Å²) in [4.78, 5) is 5.28. The highest BCUT2D eigenvalue weighted by atomic mass is 35.5. The number of halogens is 1. The van der Waals surface area contributed by atoms with Crippen molar-refractivity contribution >= 4 is 12.4 Å². The van der Waals surface area contributed by atoms with Gasteiger partial charge in [-0.3, -0.25) is 0 Å². The SMILES string of the molecule is CCCCCCCCCCN(CCCCCCCCCC)CC(O)CN(CCCCCCCCCC)CCCCCCCCCC.Cl. The van der Waals surface area contributed by atoms with Crippen LogP contribution in [-0.2, 0) is 0 Å². The summed E-state index contributed by atoms with van der Waals surface area (Å²) in [5.41, 5.74) is 0. The maximum Gasteiger partial charge on any atom is 0.0793 e. The van der Waals surface area contributed by atoms with Gasteiger partial charge in [-0.25, -0.2) is 0 Å². The van der Waals surface area contributed by atoms with E-state index in [0.717, 1.165) is 13.1 Å². The molecule has 0 heterocycles. The van der Waals surface area contributed by atoms with Crippen molar-refractivity contribution in [3.8, 4) is 0 Å². The highest BCUT2D eigenvalue weighted by Gasteiger charge is 2.16. The van der Waals surface area contributed by atoms with E-state index < -0.39 is 0 Å². The minimum absolute atomic E-state index is 0. The van der Waals surface area contributed by atoms with E-state index in [9.17, 15) is 5.11 Å². The molecule has 0 radical (unpaired) electrons. The van der Waals surface area contributed by atoms with Crippen LogP contribution in [0.4, 0.5) is 0 Å². The topological polar surface area (TPSA) is 26.7 Å². The Morgan fingerprint density at radius 1 is 0.298 bits per heavy atom. The lowest BCUT2D eigenvalue weighted by Crippen LogP contribution is -2.41. The lowest BCUT2D eigenvalue weighted by atomic mass is 10.1. The van der Waals surface area contributed by atoms with Gasteiger partial charge in [-0.1, -0.05) is 207 Å². The quantitative estimate of drug-likeness (QED) is 0.0650. The van der Waals surface area contributed by atoms with Gasteiger partial charge in [-0.05, 0) is 51.9 Å². The molecule has 0 rings (SSSR count). The van der Waals surface area contributed by atoms with E-state index in [1.807, 2.05) is 0 Å². The minimum atomic E-state index is -0.217. The summed E-state index contributed by atoms with van der Waals surface area (Å²) < 4.78 is 0. The van der Waals surface area contributed by atoms with E-state index in [1.165, 1.54) is 232 Å². The van der Waals surface area contributed by atoms with Crippen LogP contribution < -0.4 is 0 Å². The minimum Gasteiger partial charge on any atom is -0.390 e. The standard InChI is InChI=1S/C43H90N2O.ClH/c1-5-9-13-17-21-25-29-33-37-44(38-34-30-26-22-18-14-10-6-2)41-43(46)42-45(39-35-31-27-23-19-15-11-7-3)40-36-32-28-24-20-16-12-8-4;/h43,46H,5-42H2,1-4H3;1H. The Labute approximate surface area is 305 Å². The lowest BCUT2D eigenvalue weighted by Gasteiger charge is -2.29. The first-order valence-electron chi connectivity index (χ1n) is 21.8. The Kier molecular flexibility index (Phi) is 44.4. The second kappa shape index (κ2) is 42.3. The number of nitrogens with zero attached hydrogens (tertiary/aromatic N) is 2. The zero-order valence-corrected chi connectivity index (χ0v) is 34.0. The molecule has 0 aliphatic rings. The van der Waals surface area contributed by atoms with Crippen molar-refractivity contribution in [2.24, 2.45) is 0 Å². The number of aliphatic hydroxyl groups excluding tert-OH is 1. The normalized spacial score (nSPS) is 11.7. The maximum absolute atomic E-state index is 11.4. The Morgan fingerprint density at radius 3 is 0.660 bits per heavy atom. The summed E-state index contributed by atoms with van der Waals surface area (Å²) in [5, 5.41) is 11.4. The van der Waals surface area contributed by atoms with E-state index in [1.54, 1.807) is 0 Å². The van der Waals surface area contributed by atoms with Crippen LogP contribution in [-0.4, -0.2) is 60.3 Å². The molecule has 0 saturated carbocycles. The summed E-state index contributed by atoms with van der Waals surface area (Å²) >= 11 is 0. The smallest absolute Gasteiger partial charge is 0.0793 e. The van der Waals surface area contributed by atoms with Gasteiger partial charge < -0.3 is 14.9 Å². The molecule has 0 atom stereocenters. The van der Waals surface area contributed by atoms with Crippen molar-refractivity contribution in [3.63, 3.8) is 0 Å². The molecule has 0 bridgehead atoms. The fraction of sp³-hybridized carbons (Fsp3) is 1.00. The van der Waals surface area contributed by atoms with Crippen LogP contribution in [0.3, 0.4) is 0 Å². The predicted molar refractivity (Wildman–Crippen MR) is 217 cm³/mol. The van der Waals surface area contributed by atoms with Crippen LogP contribution in [0.1, 0.15) is 233 Å². The summed E-state index contributed by atoms with van der Waals surface area (Å²) in [7, 11) is 0. The van der Waals surface area contributed by atoms with Crippen molar-refractivity contribution in [1.29, 1.82) is 0 Å². The summed E-state index contributed by atoms with van der Waals surface area (Å²) in [6, 6.07) is 0. The molecule has 0 aromatic carbocycles. The number of hydrogen-bond donors (Lipinski definition) is 1. The molecule has 0 fully saturated rings.